The second-order valence-electron chi connectivity index (χ2n) is 16.1. The lowest BCUT2D eigenvalue weighted by atomic mass is 10.0. The Morgan fingerprint density at radius 1 is 1.06 bits per heavy atom. The minimum Gasteiger partial charge on any atom is -0.416 e. The Kier molecular flexibility index (Phi) is 13.2. The number of aliphatic hydroxyl groups excluding tert-OH is 1. The molecule has 0 amide bonds. The summed E-state index contributed by atoms with van der Waals surface area (Å²) in [6.45, 7) is 25.8. The van der Waals surface area contributed by atoms with Gasteiger partial charge in [0, 0.05) is 40.9 Å². The van der Waals surface area contributed by atoms with E-state index in [9.17, 15) is 14.3 Å². The highest BCUT2D eigenvalue weighted by Crippen LogP contribution is 2.47. The third kappa shape index (κ3) is 8.73. The third-order valence-corrected chi connectivity index (χ3v) is 23.2. The maximum Gasteiger partial charge on any atom is 0.208 e. The minimum atomic E-state index is -2.20. The molecule has 13 heteroatoms. The molecule has 0 radical (unpaired) electrons. The van der Waals surface area contributed by atoms with Gasteiger partial charge in [0.25, 0.3) is 0 Å². The molecule has 1 saturated carbocycles. The number of hydrogen-bond donors (Lipinski definition) is 2. The number of carbonyl (C=O) groups excluding carboxylic acids is 1. The maximum absolute atomic E-state index is 14.6. The number of rotatable bonds is 14. The first kappa shape index (κ1) is 41.1. The van der Waals surface area contributed by atoms with Crippen LogP contribution in [0.4, 0.5) is 10.2 Å². The fraction of sp³-hybridized carbons (Fsp3) is 0.595. The zero-order valence-corrected chi connectivity index (χ0v) is 35.6. The van der Waals surface area contributed by atoms with Crippen molar-refractivity contribution in [3.63, 3.8) is 0 Å². The lowest BCUT2D eigenvalue weighted by Crippen LogP contribution is -2.51. The Morgan fingerprint density at radius 3 is 2.30 bits per heavy atom. The summed E-state index contributed by atoms with van der Waals surface area (Å²) in [6.07, 6.45) is 3.09. The molecule has 2 heterocycles. The number of aliphatic hydroxyl groups is 1. The van der Waals surface area contributed by atoms with E-state index in [-0.39, 0.29) is 59.8 Å². The molecule has 1 aliphatic rings. The van der Waals surface area contributed by atoms with E-state index in [1.165, 1.54) is 36.8 Å². The summed E-state index contributed by atoms with van der Waals surface area (Å²) >= 11 is 13.6. The van der Waals surface area contributed by atoms with E-state index in [4.69, 9.17) is 32.1 Å². The van der Waals surface area contributed by atoms with Crippen molar-refractivity contribution in [1.29, 1.82) is 0 Å². The second kappa shape index (κ2) is 16.1. The van der Waals surface area contributed by atoms with Gasteiger partial charge in [0.15, 0.2) is 8.32 Å². The van der Waals surface area contributed by atoms with Gasteiger partial charge in [0.05, 0.1) is 20.9 Å². The van der Waals surface area contributed by atoms with Gasteiger partial charge < -0.3 is 19.3 Å². The lowest BCUT2D eigenvalue weighted by Gasteiger charge is -2.45. The maximum atomic E-state index is 14.6. The fourth-order valence-corrected chi connectivity index (χ4v) is 15.4. The van der Waals surface area contributed by atoms with Crippen LogP contribution in [0.1, 0.15) is 108 Å². The molecular weight excluding hydrogens is 729 g/mol. The van der Waals surface area contributed by atoms with Gasteiger partial charge in [-0.1, -0.05) is 85.5 Å². The van der Waals surface area contributed by atoms with E-state index >= 15 is 0 Å². The molecule has 0 aliphatic heterocycles. The van der Waals surface area contributed by atoms with E-state index in [0.717, 1.165) is 24.2 Å². The number of thiophene rings is 1. The molecule has 7 nitrogen and oxygen atoms in total. The van der Waals surface area contributed by atoms with Crippen molar-refractivity contribution >= 4 is 62.8 Å². The van der Waals surface area contributed by atoms with Gasteiger partial charge in [-0.2, -0.15) is 0 Å². The Labute approximate surface area is 314 Å². The molecule has 1 fully saturated rings. The van der Waals surface area contributed by atoms with Crippen LogP contribution in [0.5, 0.6) is 0 Å². The van der Waals surface area contributed by atoms with Gasteiger partial charge >= 0.3 is 0 Å². The van der Waals surface area contributed by atoms with E-state index in [1.54, 1.807) is 0 Å². The highest BCUT2D eigenvalue weighted by molar-refractivity contribution is 7.18. The van der Waals surface area contributed by atoms with Crippen molar-refractivity contribution in [2.75, 3.05) is 11.9 Å². The van der Waals surface area contributed by atoms with Crippen molar-refractivity contribution in [1.82, 2.24) is 9.97 Å². The number of anilines is 1. The Balaban J connectivity index is 1.61. The molecule has 0 unspecified atom stereocenters. The van der Waals surface area contributed by atoms with Crippen molar-refractivity contribution in [3.05, 3.63) is 73.5 Å². The number of benzene rings is 1. The molecule has 4 atom stereocenters. The van der Waals surface area contributed by atoms with E-state index in [2.05, 4.69) is 90.7 Å². The number of halogens is 3. The van der Waals surface area contributed by atoms with Crippen LogP contribution in [0.25, 0.3) is 0 Å². The van der Waals surface area contributed by atoms with Crippen LogP contribution in [-0.4, -0.2) is 56.2 Å². The van der Waals surface area contributed by atoms with Gasteiger partial charge in [0.2, 0.25) is 14.1 Å². The molecular formula is C37H54Cl2FN3O4SSi2. The topological polar surface area (TPSA) is 93.6 Å². The zero-order valence-electron chi connectivity index (χ0n) is 31.2. The number of carbonyl (C=O) groups is 1. The largest absolute Gasteiger partial charge is 0.416 e. The van der Waals surface area contributed by atoms with Crippen LogP contribution >= 0.6 is 34.5 Å². The Hall–Kier alpha value is -1.71. The van der Waals surface area contributed by atoms with Gasteiger partial charge in [-0.05, 0) is 71.9 Å². The van der Waals surface area contributed by atoms with Gasteiger partial charge in [0.1, 0.15) is 24.1 Å². The molecule has 0 spiro atoms. The first-order valence-electron chi connectivity index (χ1n) is 17.5. The molecule has 3 aromatic rings. The first-order chi connectivity index (χ1) is 23.2. The van der Waals surface area contributed by atoms with Crippen LogP contribution < -0.4 is 5.32 Å². The fourth-order valence-electron chi connectivity index (χ4n) is 7.24. The zero-order chi connectivity index (χ0) is 37.3. The van der Waals surface area contributed by atoms with Crippen LogP contribution in [0, 0.1) is 11.7 Å². The molecule has 50 heavy (non-hydrogen) atoms. The molecule has 2 N–H and O–H groups in total. The number of ketones is 1. The van der Waals surface area contributed by atoms with Gasteiger partial charge in [-0.3, -0.25) is 4.79 Å². The molecule has 2 aromatic heterocycles. The average molecular weight is 783 g/mol. The first-order valence-corrected chi connectivity index (χ1v) is 24.2. The second-order valence-corrected chi connectivity index (χ2v) is 28.4. The third-order valence-electron chi connectivity index (χ3n) is 10.9. The van der Waals surface area contributed by atoms with Gasteiger partial charge in [-0.15, -0.1) is 11.3 Å². The molecule has 1 aromatic carbocycles. The molecule has 0 bridgehead atoms. The summed E-state index contributed by atoms with van der Waals surface area (Å²) in [5.41, 5.74) is 1.82. The van der Waals surface area contributed by atoms with Crippen molar-refractivity contribution in [2.24, 2.45) is 5.92 Å². The summed E-state index contributed by atoms with van der Waals surface area (Å²) in [4.78, 5) is 22.9. The minimum absolute atomic E-state index is 0.00385. The molecule has 276 valence electrons. The highest BCUT2D eigenvalue weighted by Gasteiger charge is 2.50. The van der Waals surface area contributed by atoms with Crippen molar-refractivity contribution in [2.45, 2.75) is 128 Å². The summed E-state index contributed by atoms with van der Waals surface area (Å²) < 4.78 is 29.0. The van der Waals surface area contributed by atoms with Gasteiger partial charge in [-0.25, -0.2) is 14.4 Å². The normalized spacial score (nSPS) is 19.5. The molecule has 4 rings (SSSR count). The predicted molar refractivity (Wildman–Crippen MR) is 209 cm³/mol. The van der Waals surface area contributed by atoms with E-state index < -0.39 is 28.6 Å². The Morgan fingerprint density at radius 2 is 1.70 bits per heavy atom. The predicted octanol–water partition coefficient (Wildman–Crippen LogP) is 11.1. The molecule has 0 saturated heterocycles. The van der Waals surface area contributed by atoms with Crippen LogP contribution in [0.3, 0.4) is 0 Å². The van der Waals surface area contributed by atoms with Crippen molar-refractivity contribution in [3.8, 4) is 0 Å². The average Bonchev–Trinajstić information content (AvgIpc) is 3.60. The quantitative estimate of drug-likeness (QED) is 0.124. The molecule has 1 aliphatic carbocycles. The monoisotopic (exact) mass is 781 g/mol. The van der Waals surface area contributed by atoms with Crippen LogP contribution in [-0.2, 0) is 8.85 Å². The summed E-state index contributed by atoms with van der Waals surface area (Å²) in [5, 5.41) is 15.0. The van der Waals surface area contributed by atoms with Crippen molar-refractivity contribution < 1.29 is 23.1 Å². The number of hydrogen-bond acceptors (Lipinski definition) is 8. The Bertz CT molecular complexity index is 1630. The number of nitrogens with zero attached hydrogens (tertiary/aromatic N) is 2. The van der Waals surface area contributed by atoms with E-state index in [0.29, 0.717) is 29.0 Å². The van der Waals surface area contributed by atoms with E-state index in [1.807, 2.05) is 0 Å². The smallest absolute Gasteiger partial charge is 0.208 e. The summed E-state index contributed by atoms with van der Waals surface area (Å²) in [6, 6.07) is 5.43. The SMILES string of the molecule is CC(C)[Si](O[C@H]1C[C@H](Nc2ncncc2C(=O)c2cc([C@@H](O)c3cc(Cl)ccc3F)c(Cl)s2)C[C@@H]1CO[Si](C)(C)C(C)(C)C)(C(C)C)C(C)C. The lowest BCUT2D eigenvalue weighted by molar-refractivity contribution is 0.0971. The summed E-state index contributed by atoms with van der Waals surface area (Å²) in [5.74, 6) is -0.369. The number of aromatic nitrogens is 2. The highest BCUT2D eigenvalue weighted by atomic mass is 35.5. The standard InChI is InChI=1S/C37H54Cl2FN3O4SSi2/c1-21(2)50(22(3)4,23(5)6)47-31-16-26(14-24(31)19-46-49(10,11)37(7,8)9)43-36-29(18-41-20-42-36)34(45)32-17-28(35(39)48-32)33(44)27-15-25(38)12-13-30(27)40/h12-13,15,17-18,20-24,26,31,33,44H,14,16,19H2,1-11H3,(H,41,42,43)/t24-,26-,31+,33+/m1/s1. The summed E-state index contributed by atoms with van der Waals surface area (Å²) in [7, 11) is -4.21. The van der Waals surface area contributed by atoms with Crippen LogP contribution in [0.2, 0.25) is 44.1 Å². The van der Waals surface area contributed by atoms with Crippen LogP contribution in [0.15, 0.2) is 36.8 Å². The number of nitrogens with one attached hydrogen (secondary N) is 1.